The number of esters is 1. The molecule has 0 spiro atoms. The van der Waals surface area contributed by atoms with Crippen molar-refractivity contribution in [1.82, 2.24) is 4.90 Å². The monoisotopic (exact) mass is 485 g/mol. The van der Waals surface area contributed by atoms with Crippen LogP contribution in [0.4, 0.5) is 0 Å². The molecule has 0 saturated carbocycles. The highest BCUT2D eigenvalue weighted by Gasteiger charge is 2.36. The molecule has 5 heteroatoms. The van der Waals surface area contributed by atoms with Gasteiger partial charge in [0, 0.05) is 25.9 Å². The molecule has 1 unspecified atom stereocenters. The second kappa shape index (κ2) is 11.4. The van der Waals surface area contributed by atoms with Crippen LogP contribution in [-0.4, -0.2) is 36.0 Å². The standard InChI is InChI=1S/C31H35NO4/c1-31(2,3)26-16-10-11-17-27(26)36-25-18-20-32(21-19-25)29(33)28(24-14-8-5-9-15-24)30(34)35-22-23-12-6-4-7-13-23/h4-17,25,28H,18-22H2,1-3H3. The zero-order valence-electron chi connectivity index (χ0n) is 21.4. The number of rotatable bonds is 7. The molecule has 1 heterocycles. The molecule has 188 valence electrons. The van der Waals surface area contributed by atoms with Crippen LogP contribution in [-0.2, 0) is 26.3 Å². The topological polar surface area (TPSA) is 55.8 Å². The molecular formula is C31H35NO4. The largest absolute Gasteiger partial charge is 0.490 e. The molecule has 0 radical (unpaired) electrons. The van der Waals surface area contributed by atoms with Gasteiger partial charge in [-0.15, -0.1) is 0 Å². The molecule has 3 aromatic rings. The predicted molar refractivity (Wildman–Crippen MR) is 141 cm³/mol. The highest BCUT2D eigenvalue weighted by molar-refractivity contribution is 6.03. The summed E-state index contributed by atoms with van der Waals surface area (Å²) in [4.78, 5) is 28.5. The maximum Gasteiger partial charge on any atom is 0.323 e. The van der Waals surface area contributed by atoms with Crippen LogP contribution in [0.5, 0.6) is 5.75 Å². The zero-order chi connectivity index (χ0) is 25.5. The summed E-state index contributed by atoms with van der Waals surface area (Å²) in [5, 5.41) is 0. The summed E-state index contributed by atoms with van der Waals surface area (Å²) in [5.74, 6) is -0.809. The molecule has 1 aliphatic rings. The average molecular weight is 486 g/mol. The Bertz CT molecular complexity index is 1150. The molecule has 0 aromatic heterocycles. The highest BCUT2D eigenvalue weighted by Crippen LogP contribution is 2.33. The van der Waals surface area contributed by atoms with E-state index in [0.717, 1.165) is 11.3 Å². The molecule has 1 atom stereocenters. The smallest absolute Gasteiger partial charge is 0.323 e. The van der Waals surface area contributed by atoms with Crippen molar-refractivity contribution >= 4 is 11.9 Å². The summed E-state index contributed by atoms with van der Waals surface area (Å²) in [6.07, 6.45) is 1.45. The van der Waals surface area contributed by atoms with Gasteiger partial charge in [0.2, 0.25) is 5.91 Å². The van der Waals surface area contributed by atoms with Crippen LogP contribution in [0.1, 0.15) is 56.2 Å². The second-order valence-electron chi connectivity index (χ2n) is 10.3. The Hall–Kier alpha value is -3.60. The molecule has 36 heavy (non-hydrogen) atoms. The Morgan fingerprint density at radius 1 is 0.861 bits per heavy atom. The normalized spacial score (nSPS) is 15.2. The second-order valence-corrected chi connectivity index (χ2v) is 10.3. The maximum atomic E-state index is 13.6. The number of para-hydroxylation sites is 1. The van der Waals surface area contributed by atoms with Gasteiger partial charge in [-0.1, -0.05) is 99.6 Å². The third-order valence-electron chi connectivity index (χ3n) is 6.58. The van der Waals surface area contributed by atoms with E-state index in [1.807, 2.05) is 78.9 Å². The number of hydrogen-bond acceptors (Lipinski definition) is 4. The number of benzene rings is 3. The number of likely N-dealkylation sites (tertiary alicyclic amines) is 1. The van der Waals surface area contributed by atoms with Gasteiger partial charge in [-0.25, -0.2) is 0 Å². The number of carbonyl (C=O) groups is 2. The quantitative estimate of drug-likeness (QED) is 0.310. The van der Waals surface area contributed by atoms with Crippen molar-refractivity contribution in [3.8, 4) is 5.75 Å². The van der Waals surface area contributed by atoms with E-state index in [-0.39, 0.29) is 24.0 Å². The van der Waals surface area contributed by atoms with E-state index in [1.165, 1.54) is 5.56 Å². The van der Waals surface area contributed by atoms with E-state index in [0.29, 0.717) is 31.5 Å². The van der Waals surface area contributed by atoms with E-state index in [2.05, 4.69) is 26.8 Å². The minimum absolute atomic E-state index is 0.0176. The van der Waals surface area contributed by atoms with E-state index in [4.69, 9.17) is 9.47 Å². The van der Waals surface area contributed by atoms with E-state index in [9.17, 15) is 9.59 Å². The van der Waals surface area contributed by atoms with Gasteiger partial charge < -0.3 is 14.4 Å². The summed E-state index contributed by atoms with van der Waals surface area (Å²) in [6, 6.07) is 26.8. The number of nitrogens with zero attached hydrogens (tertiary/aromatic N) is 1. The first-order chi connectivity index (χ1) is 17.3. The van der Waals surface area contributed by atoms with E-state index < -0.39 is 11.9 Å². The molecule has 1 amide bonds. The van der Waals surface area contributed by atoms with Gasteiger partial charge in [-0.3, -0.25) is 9.59 Å². The van der Waals surface area contributed by atoms with Gasteiger partial charge in [0.25, 0.3) is 0 Å². The number of hydrogen-bond donors (Lipinski definition) is 0. The molecule has 5 nitrogen and oxygen atoms in total. The summed E-state index contributed by atoms with van der Waals surface area (Å²) in [7, 11) is 0. The molecule has 0 bridgehead atoms. The van der Waals surface area contributed by atoms with Gasteiger partial charge in [0.05, 0.1) is 0 Å². The fourth-order valence-electron chi connectivity index (χ4n) is 4.58. The molecule has 3 aromatic carbocycles. The van der Waals surface area contributed by atoms with Crippen LogP contribution >= 0.6 is 0 Å². The van der Waals surface area contributed by atoms with Crippen molar-refractivity contribution in [2.75, 3.05) is 13.1 Å². The van der Waals surface area contributed by atoms with Crippen LogP contribution in [0.3, 0.4) is 0 Å². The lowest BCUT2D eigenvalue weighted by Gasteiger charge is -2.35. The van der Waals surface area contributed by atoms with Crippen molar-refractivity contribution in [1.29, 1.82) is 0 Å². The Labute approximate surface area is 214 Å². The lowest BCUT2D eigenvalue weighted by molar-refractivity contribution is -0.153. The lowest BCUT2D eigenvalue weighted by Crippen LogP contribution is -2.45. The summed E-state index contributed by atoms with van der Waals surface area (Å²) in [5.41, 5.74) is 2.70. The summed E-state index contributed by atoms with van der Waals surface area (Å²) < 4.78 is 12.0. The van der Waals surface area contributed by atoms with Gasteiger partial charge in [0.15, 0.2) is 5.92 Å². The number of carbonyl (C=O) groups excluding carboxylic acids is 2. The first kappa shape index (κ1) is 25.5. The van der Waals surface area contributed by atoms with Crippen molar-refractivity contribution in [2.45, 2.75) is 57.7 Å². The van der Waals surface area contributed by atoms with Gasteiger partial charge in [0.1, 0.15) is 18.5 Å². The lowest BCUT2D eigenvalue weighted by atomic mass is 9.86. The van der Waals surface area contributed by atoms with Crippen LogP contribution in [0.25, 0.3) is 0 Å². The third-order valence-corrected chi connectivity index (χ3v) is 6.58. The third kappa shape index (κ3) is 6.34. The van der Waals surface area contributed by atoms with Gasteiger partial charge in [-0.05, 0) is 28.2 Å². The number of piperidine rings is 1. The molecule has 0 N–H and O–H groups in total. The molecule has 1 aliphatic heterocycles. The first-order valence-corrected chi connectivity index (χ1v) is 12.6. The minimum Gasteiger partial charge on any atom is -0.490 e. The summed E-state index contributed by atoms with van der Waals surface area (Å²) in [6.45, 7) is 7.75. The van der Waals surface area contributed by atoms with Crippen LogP contribution < -0.4 is 4.74 Å². The van der Waals surface area contributed by atoms with E-state index in [1.54, 1.807) is 4.90 Å². The van der Waals surface area contributed by atoms with Gasteiger partial charge >= 0.3 is 5.97 Å². The Balaban J connectivity index is 1.42. The Kier molecular flexibility index (Phi) is 8.09. The van der Waals surface area contributed by atoms with Crippen LogP contribution in [0.2, 0.25) is 0 Å². The first-order valence-electron chi connectivity index (χ1n) is 12.6. The molecular weight excluding hydrogens is 450 g/mol. The molecule has 1 saturated heterocycles. The van der Waals surface area contributed by atoms with Crippen molar-refractivity contribution in [2.24, 2.45) is 0 Å². The van der Waals surface area contributed by atoms with Crippen molar-refractivity contribution in [3.63, 3.8) is 0 Å². The minimum atomic E-state index is -0.978. The highest BCUT2D eigenvalue weighted by atomic mass is 16.5. The molecule has 4 rings (SSSR count). The SMILES string of the molecule is CC(C)(C)c1ccccc1OC1CCN(C(=O)C(C(=O)OCc2ccccc2)c2ccccc2)CC1. The fourth-order valence-corrected chi connectivity index (χ4v) is 4.58. The number of ether oxygens (including phenoxy) is 2. The van der Waals surface area contributed by atoms with Crippen molar-refractivity contribution < 1.29 is 19.1 Å². The summed E-state index contributed by atoms with van der Waals surface area (Å²) >= 11 is 0. The van der Waals surface area contributed by atoms with Gasteiger partial charge in [-0.2, -0.15) is 0 Å². The predicted octanol–water partition coefficient (Wildman–Crippen LogP) is 5.88. The number of amides is 1. The Morgan fingerprint density at radius 3 is 2.08 bits per heavy atom. The zero-order valence-corrected chi connectivity index (χ0v) is 21.4. The Morgan fingerprint density at radius 2 is 1.44 bits per heavy atom. The maximum absolute atomic E-state index is 13.6. The fraction of sp³-hybridized carbons (Fsp3) is 0.355. The molecule has 0 aliphatic carbocycles. The van der Waals surface area contributed by atoms with E-state index >= 15 is 0 Å². The van der Waals surface area contributed by atoms with Crippen molar-refractivity contribution in [3.05, 3.63) is 102 Å². The van der Waals surface area contributed by atoms with Crippen LogP contribution in [0.15, 0.2) is 84.9 Å². The average Bonchev–Trinajstić information content (AvgIpc) is 2.89. The molecule has 1 fully saturated rings. The van der Waals surface area contributed by atoms with Crippen LogP contribution in [0, 0.1) is 0 Å².